The maximum absolute atomic E-state index is 12.5. The molecule has 6 heteroatoms. The molecule has 2 saturated heterocycles. The van der Waals surface area contributed by atoms with Gasteiger partial charge in [-0.25, -0.2) is 4.79 Å². The number of hydrogen-bond donors (Lipinski definition) is 1. The summed E-state index contributed by atoms with van der Waals surface area (Å²) in [5, 5.41) is 10.8. The van der Waals surface area contributed by atoms with Crippen molar-refractivity contribution in [3.63, 3.8) is 0 Å². The highest BCUT2D eigenvalue weighted by Crippen LogP contribution is 2.27. The van der Waals surface area contributed by atoms with E-state index in [9.17, 15) is 9.90 Å². The largest absolute Gasteiger partial charge is 0.389 e. The summed E-state index contributed by atoms with van der Waals surface area (Å²) in [7, 11) is 0. The molecule has 0 atom stereocenters. The first-order valence-corrected chi connectivity index (χ1v) is 9.05. The van der Waals surface area contributed by atoms with Crippen LogP contribution in [-0.4, -0.2) is 69.2 Å². The van der Waals surface area contributed by atoms with Gasteiger partial charge in [-0.05, 0) is 30.5 Å². The summed E-state index contributed by atoms with van der Waals surface area (Å²) in [4.78, 5) is 20.3. The van der Waals surface area contributed by atoms with Gasteiger partial charge in [0, 0.05) is 56.5 Å². The molecule has 1 aromatic rings. The fourth-order valence-corrected chi connectivity index (χ4v) is 4.03. The van der Waals surface area contributed by atoms with Gasteiger partial charge >= 0.3 is 6.03 Å². The Bertz CT molecular complexity index is 497. The summed E-state index contributed by atoms with van der Waals surface area (Å²) < 4.78 is 0. The predicted octanol–water partition coefficient (Wildman–Crippen LogP) is 1.62. The van der Waals surface area contributed by atoms with Gasteiger partial charge in [0.25, 0.3) is 0 Å². The normalized spacial score (nSPS) is 21.7. The van der Waals surface area contributed by atoms with E-state index in [-0.39, 0.29) is 6.03 Å². The summed E-state index contributed by atoms with van der Waals surface area (Å²) in [6, 6.07) is 4.04. The van der Waals surface area contributed by atoms with Crippen molar-refractivity contribution in [2.45, 2.75) is 24.9 Å². The number of carbonyl (C=O) groups excluding carboxylic acids is 1. The fourth-order valence-electron chi connectivity index (χ4n) is 3.13. The van der Waals surface area contributed by atoms with Gasteiger partial charge in [0.2, 0.25) is 0 Å². The summed E-state index contributed by atoms with van der Waals surface area (Å²) in [6.45, 7) is 2.98. The molecule has 3 rings (SSSR count). The second-order valence-corrected chi connectivity index (χ2v) is 7.35. The van der Waals surface area contributed by atoms with Gasteiger partial charge in [-0.3, -0.25) is 4.98 Å². The Kier molecular flexibility index (Phi) is 4.88. The second-order valence-electron chi connectivity index (χ2n) is 6.13. The maximum Gasteiger partial charge on any atom is 0.320 e. The molecule has 0 bridgehead atoms. The Morgan fingerprint density at radius 2 is 1.73 bits per heavy atom. The van der Waals surface area contributed by atoms with Gasteiger partial charge in [0.1, 0.15) is 0 Å². The van der Waals surface area contributed by atoms with Crippen molar-refractivity contribution in [2.75, 3.05) is 37.7 Å². The van der Waals surface area contributed by atoms with Crippen LogP contribution in [0.4, 0.5) is 4.79 Å². The Hall–Kier alpha value is -1.27. The molecule has 22 heavy (non-hydrogen) atoms. The molecule has 120 valence electrons. The molecule has 2 fully saturated rings. The number of carbonyl (C=O) groups is 1. The van der Waals surface area contributed by atoms with Crippen LogP contribution in [0.5, 0.6) is 0 Å². The van der Waals surface area contributed by atoms with Crippen LogP contribution in [0.3, 0.4) is 0 Å². The highest BCUT2D eigenvalue weighted by molar-refractivity contribution is 7.99. The van der Waals surface area contributed by atoms with E-state index in [0.717, 1.165) is 30.2 Å². The zero-order valence-electron chi connectivity index (χ0n) is 12.8. The third-order valence-electron chi connectivity index (χ3n) is 4.53. The minimum Gasteiger partial charge on any atom is -0.389 e. The number of likely N-dealkylation sites (tertiary alicyclic amines) is 1. The van der Waals surface area contributed by atoms with Crippen molar-refractivity contribution in [3.8, 4) is 0 Å². The molecule has 2 aliphatic rings. The second kappa shape index (κ2) is 6.87. The van der Waals surface area contributed by atoms with Crippen molar-refractivity contribution >= 4 is 17.8 Å². The molecule has 0 aromatic carbocycles. The predicted molar refractivity (Wildman–Crippen MR) is 88.0 cm³/mol. The molecule has 5 nitrogen and oxygen atoms in total. The Labute approximate surface area is 135 Å². The first-order valence-electron chi connectivity index (χ1n) is 7.89. The van der Waals surface area contributed by atoms with Gasteiger partial charge in [0.15, 0.2) is 0 Å². The van der Waals surface area contributed by atoms with Crippen LogP contribution >= 0.6 is 11.8 Å². The van der Waals surface area contributed by atoms with E-state index in [0.29, 0.717) is 32.4 Å². The molecular formula is C16H23N3O2S. The maximum atomic E-state index is 12.5. The van der Waals surface area contributed by atoms with E-state index in [1.54, 1.807) is 12.4 Å². The number of aromatic nitrogens is 1. The first kappa shape index (κ1) is 15.6. The minimum atomic E-state index is -0.699. The van der Waals surface area contributed by atoms with E-state index in [1.165, 1.54) is 0 Å². The van der Waals surface area contributed by atoms with Crippen LogP contribution in [0.2, 0.25) is 0 Å². The SMILES string of the molecule is O=C(N1CCSCC1)N1CCC(O)(Cc2ccncc2)CC1. The molecule has 0 radical (unpaired) electrons. The average Bonchev–Trinajstić information content (AvgIpc) is 2.56. The highest BCUT2D eigenvalue weighted by Gasteiger charge is 2.35. The van der Waals surface area contributed by atoms with Crippen molar-refractivity contribution < 1.29 is 9.90 Å². The van der Waals surface area contributed by atoms with Gasteiger partial charge < -0.3 is 14.9 Å². The van der Waals surface area contributed by atoms with E-state index in [1.807, 2.05) is 33.7 Å². The molecule has 0 unspecified atom stereocenters. The van der Waals surface area contributed by atoms with Crippen LogP contribution in [0.1, 0.15) is 18.4 Å². The summed E-state index contributed by atoms with van der Waals surface area (Å²) in [6.07, 6.45) is 5.43. The summed E-state index contributed by atoms with van der Waals surface area (Å²) in [5.74, 6) is 2.07. The van der Waals surface area contributed by atoms with E-state index < -0.39 is 5.60 Å². The van der Waals surface area contributed by atoms with Crippen LogP contribution in [-0.2, 0) is 6.42 Å². The van der Waals surface area contributed by atoms with Gasteiger partial charge in [-0.15, -0.1) is 0 Å². The number of amides is 2. The van der Waals surface area contributed by atoms with Crippen molar-refractivity contribution in [3.05, 3.63) is 30.1 Å². The standard InChI is InChI=1S/C16H23N3O2S/c20-15(19-9-11-22-12-10-19)18-7-3-16(21,4-8-18)13-14-1-5-17-6-2-14/h1-2,5-6,21H,3-4,7-13H2. The van der Waals surface area contributed by atoms with E-state index in [4.69, 9.17) is 0 Å². The van der Waals surface area contributed by atoms with Gasteiger partial charge in [0.05, 0.1) is 5.60 Å². The molecular weight excluding hydrogens is 298 g/mol. The van der Waals surface area contributed by atoms with Crippen LogP contribution < -0.4 is 0 Å². The molecule has 1 aromatic heterocycles. The van der Waals surface area contributed by atoms with E-state index in [2.05, 4.69) is 4.98 Å². The van der Waals surface area contributed by atoms with Crippen molar-refractivity contribution in [1.82, 2.24) is 14.8 Å². The quantitative estimate of drug-likeness (QED) is 0.899. The van der Waals surface area contributed by atoms with Crippen molar-refractivity contribution in [2.24, 2.45) is 0 Å². The lowest BCUT2D eigenvalue weighted by Gasteiger charge is -2.40. The molecule has 0 spiro atoms. The van der Waals surface area contributed by atoms with Gasteiger partial charge in [-0.1, -0.05) is 0 Å². The van der Waals surface area contributed by atoms with Crippen molar-refractivity contribution in [1.29, 1.82) is 0 Å². The Morgan fingerprint density at radius 1 is 1.14 bits per heavy atom. The number of rotatable bonds is 2. The van der Waals surface area contributed by atoms with Crippen LogP contribution in [0, 0.1) is 0 Å². The molecule has 2 amide bonds. The smallest absolute Gasteiger partial charge is 0.320 e. The average molecular weight is 321 g/mol. The lowest BCUT2D eigenvalue weighted by Crippen LogP contribution is -2.53. The molecule has 2 aliphatic heterocycles. The lowest BCUT2D eigenvalue weighted by molar-refractivity contribution is -0.0145. The minimum absolute atomic E-state index is 0.145. The monoisotopic (exact) mass is 321 g/mol. The topological polar surface area (TPSA) is 56.7 Å². The number of piperidine rings is 1. The number of nitrogens with zero attached hydrogens (tertiary/aromatic N) is 3. The number of urea groups is 1. The van der Waals surface area contributed by atoms with Crippen LogP contribution in [0.25, 0.3) is 0 Å². The zero-order valence-corrected chi connectivity index (χ0v) is 13.6. The third-order valence-corrected chi connectivity index (χ3v) is 5.47. The third kappa shape index (κ3) is 3.73. The molecule has 3 heterocycles. The molecule has 0 saturated carbocycles. The Balaban J connectivity index is 1.54. The zero-order chi connectivity index (χ0) is 15.4. The van der Waals surface area contributed by atoms with Gasteiger partial charge in [-0.2, -0.15) is 11.8 Å². The highest BCUT2D eigenvalue weighted by atomic mass is 32.2. The van der Waals surface area contributed by atoms with E-state index >= 15 is 0 Å². The fraction of sp³-hybridized carbons (Fsp3) is 0.625. The Morgan fingerprint density at radius 3 is 2.36 bits per heavy atom. The summed E-state index contributed by atoms with van der Waals surface area (Å²) >= 11 is 1.91. The number of aliphatic hydroxyl groups is 1. The molecule has 0 aliphatic carbocycles. The number of thioether (sulfide) groups is 1. The summed E-state index contributed by atoms with van der Waals surface area (Å²) in [5.41, 5.74) is 0.404. The van der Waals surface area contributed by atoms with Crippen LogP contribution in [0.15, 0.2) is 24.5 Å². The number of hydrogen-bond acceptors (Lipinski definition) is 4. The first-order chi connectivity index (χ1) is 10.7. The molecule has 1 N–H and O–H groups in total. The number of pyridine rings is 1. The lowest BCUT2D eigenvalue weighted by atomic mass is 9.85.